The number of benzene rings is 3. The van der Waals surface area contributed by atoms with E-state index in [1.165, 1.54) is 29.0 Å². The highest BCUT2D eigenvalue weighted by Crippen LogP contribution is 2.39. The molecule has 0 spiro atoms. The normalized spacial score (nSPS) is 14.9. The molecular weight excluding hydrogens is 390 g/mol. The summed E-state index contributed by atoms with van der Waals surface area (Å²) in [5.41, 5.74) is 4.04. The highest BCUT2D eigenvalue weighted by molar-refractivity contribution is 5.91. The van der Waals surface area contributed by atoms with Crippen molar-refractivity contribution in [2.24, 2.45) is 0 Å². The summed E-state index contributed by atoms with van der Waals surface area (Å²) >= 11 is 0. The molecule has 2 N–H and O–H groups in total. The van der Waals surface area contributed by atoms with Crippen LogP contribution in [0.3, 0.4) is 0 Å². The first-order chi connectivity index (χ1) is 15.2. The van der Waals surface area contributed by atoms with Crippen LogP contribution < -0.4 is 10.1 Å². The molecule has 5 aromatic rings. The smallest absolute Gasteiger partial charge is 0.229 e. The molecule has 0 bridgehead atoms. The monoisotopic (exact) mass is 409 g/mol. The Morgan fingerprint density at radius 2 is 1.94 bits per heavy atom. The van der Waals surface area contributed by atoms with Gasteiger partial charge in [-0.15, -0.1) is 0 Å². The summed E-state index contributed by atoms with van der Waals surface area (Å²) in [5, 5.41) is 21.3. The molecule has 0 radical (unpaired) electrons. The number of aromatic hydroxyl groups is 1. The van der Waals surface area contributed by atoms with Gasteiger partial charge in [-0.2, -0.15) is 10.1 Å². The van der Waals surface area contributed by atoms with Gasteiger partial charge in [-0.3, -0.25) is 0 Å². The van der Waals surface area contributed by atoms with Gasteiger partial charge in [0.1, 0.15) is 0 Å². The molecule has 3 aromatic carbocycles. The standard InChI is InChI=1S/C24H19N5O2/c1-31-21-9-8-17(11-20(21)30)27-24-25-12-16-13-26-29(23(16)28-24)19-10-15-6-2-4-14-5-3-7-18(19)22(14)15/h2-9,11-13,19,30H,10H2,1H3,(H,25,27,28)/t19-/m1/s1. The first-order valence-corrected chi connectivity index (χ1v) is 10.1. The number of hydrogen-bond donors (Lipinski definition) is 2. The summed E-state index contributed by atoms with van der Waals surface area (Å²) in [5.74, 6) is 0.901. The number of hydrogen-bond acceptors (Lipinski definition) is 6. The predicted molar refractivity (Wildman–Crippen MR) is 119 cm³/mol. The second-order valence-electron chi connectivity index (χ2n) is 7.66. The Kier molecular flexibility index (Phi) is 3.83. The molecule has 7 heteroatoms. The van der Waals surface area contributed by atoms with Gasteiger partial charge in [0.2, 0.25) is 5.95 Å². The van der Waals surface area contributed by atoms with Crippen molar-refractivity contribution in [3.63, 3.8) is 0 Å². The topological polar surface area (TPSA) is 85.1 Å². The van der Waals surface area contributed by atoms with Gasteiger partial charge in [-0.1, -0.05) is 36.4 Å². The van der Waals surface area contributed by atoms with Crippen molar-refractivity contribution in [3.8, 4) is 11.5 Å². The van der Waals surface area contributed by atoms with E-state index in [-0.39, 0.29) is 11.8 Å². The lowest BCUT2D eigenvalue weighted by molar-refractivity contribution is 0.373. The first-order valence-electron chi connectivity index (χ1n) is 10.1. The number of fused-ring (bicyclic) bond motifs is 1. The fourth-order valence-corrected chi connectivity index (χ4v) is 4.45. The zero-order valence-electron chi connectivity index (χ0n) is 16.8. The van der Waals surface area contributed by atoms with E-state index in [2.05, 4.69) is 51.8 Å². The SMILES string of the molecule is COc1ccc(Nc2ncc3cnn([C@@H]4Cc5cccc6cccc4c56)c3n2)cc1O. The molecule has 31 heavy (non-hydrogen) atoms. The molecule has 1 aliphatic carbocycles. The summed E-state index contributed by atoms with van der Waals surface area (Å²) in [6, 6.07) is 18.1. The van der Waals surface area contributed by atoms with E-state index in [1.54, 1.807) is 30.6 Å². The summed E-state index contributed by atoms with van der Waals surface area (Å²) in [4.78, 5) is 9.14. The van der Waals surface area contributed by atoms with Crippen molar-refractivity contribution in [2.75, 3.05) is 12.4 Å². The number of phenolic OH excluding ortho intramolecular Hbond substituents is 1. The van der Waals surface area contributed by atoms with Crippen LogP contribution in [0, 0.1) is 0 Å². The van der Waals surface area contributed by atoms with E-state index in [1.807, 2.05) is 4.68 Å². The maximum Gasteiger partial charge on any atom is 0.229 e. The molecule has 0 saturated carbocycles. The van der Waals surface area contributed by atoms with Crippen molar-refractivity contribution < 1.29 is 9.84 Å². The van der Waals surface area contributed by atoms with Gasteiger partial charge < -0.3 is 15.2 Å². The molecule has 1 atom stereocenters. The van der Waals surface area contributed by atoms with Crippen LogP contribution >= 0.6 is 0 Å². The molecule has 2 aromatic heterocycles. The van der Waals surface area contributed by atoms with E-state index in [0.29, 0.717) is 17.4 Å². The number of ether oxygens (including phenoxy) is 1. The van der Waals surface area contributed by atoms with Gasteiger partial charge in [0.05, 0.1) is 24.7 Å². The average Bonchev–Trinajstić information content (AvgIpc) is 3.37. The van der Waals surface area contributed by atoms with Gasteiger partial charge in [0.15, 0.2) is 17.1 Å². The Hall–Kier alpha value is -4.13. The van der Waals surface area contributed by atoms with Gasteiger partial charge in [-0.05, 0) is 40.5 Å². The van der Waals surface area contributed by atoms with Gasteiger partial charge >= 0.3 is 0 Å². The van der Waals surface area contributed by atoms with Gasteiger partial charge in [0.25, 0.3) is 0 Å². The van der Waals surface area contributed by atoms with Crippen LogP contribution in [0.1, 0.15) is 17.2 Å². The number of aromatic nitrogens is 4. The number of nitrogens with zero attached hydrogens (tertiary/aromatic N) is 4. The number of rotatable bonds is 4. The fourth-order valence-electron chi connectivity index (χ4n) is 4.45. The van der Waals surface area contributed by atoms with Gasteiger partial charge in [0, 0.05) is 18.0 Å². The fraction of sp³-hybridized carbons (Fsp3) is 0.125. The Bertz CT molecular complexity index is 1450. The molecule has 0 aliphatic heterocycles. The van der Waals surface area contributed by atoms with Crippen molar-refractivity contribution in [1.82, 2.24) is 19.7 Å². The second kappa shape index (κ2) is 6.70. The number of nitrogens with one attached hydrogen (secondary N) is 1. The van der Waals surface area contributed by atoms with Crippen LogP contribution in [-0.2, 0) is 6.42 Å². The maximum atomic E-state index is 10.0. The van der Waals surface area contributed by atoms with E-state index >= 15 is 0 Å². The molecule has 6 rings (SSSR count). The largest absolute Gasteiger partial charge is 0.504 e. The van der Waals surface area contributed by atoms with Crippen LogP contribution in [-0.4, -0.2) is 32.0 Å². The van der Waals surface area contributed by atoms with Crippen molar-refractivity contribution in [3.05, 3.63) is 78.1 Å². The molecule has 7 nitrogen and oxygen atoms in total. The second-order valence-corrected chi connectivity index (χ2v) is 7.66. The zero-order valence-corrected chi connectivity index (χ0v) is 16.8. The molecule has 1 aliphatic rings. The molecule has 152 valence electrons. The highest BCUT2D eigenvalue weighted by Gasteiger charge is 2.27. The van der Waals surface area contributed by atoms with Crippen LogP contribution in [0.15, 0.2) is 67.0 Å². The van der Waals surface area contributed by atoms with Crippen molar-refractivity contribution in [1.29, 1.82) is 0 Å². The van der Waals surface area contributed by atoms with E-state index < -0.39 is 0 Å². The maximum absolute atomic E-state index is 10.0. The third kappa shape index (κ3) is 2.78. The summed E-state index contributed by atoms with van der Waals surface area (Å²) in [6.45, 7) is 0. The Morgan fingerprint density at radius 3 is 2.77 bits per heavy atom. The number of methoxy groups -OCH3 is 1. The number of anilines is 2. The molecule has 0 amide bonds. The highest BCUT2D eigenvalue weighted by atomic mass is 16.5. The van der Waals surface area contributed by atoms with E-state index in [0.717, 1.165) is 17.5 Å². The van der Waals surface area contributed by atoms with E-state index in [9.17, 15) is 5.11 Å². The van der Waals surface area contributed by atoms with Crippen LogP contribution in [0.4, 0.5) is 11.6 Å². The van der Waals surface area contributed by atoms with Crippen LogP contribution in [0.25, 0.3) is 21.8 Å². The predicted octanol–water partition coefficient (Wildman–Crippen LogP) is 4.58. The molecule has 0 fully saturated rings. The van der Waals surface area contributed by atoms with E-state index in [4.69, 9.17) is 9.72 Å². The Labute approximate surface area is 178 Å². The average molecular weight is 409 g/mol. The summed E-state index contributed by atoms with van der Waals surface area (Å²) in [7, 11) is 1.52. The summed E-state index contributed by atoms with van der Waals surface area (Å²) < 4.78 is 7.09. The minimum atomic E-state index is 0.0513. The van der Waals surface area contributed by atoms with Crippen LogP contribution in [0.2, 0.25) is 0 Å². The summed E-state index contributed by atoms with van der Waals surface area (Å²) in [6.07, 6.45) is 4.45. The number of phenols is 1. The van der Waals surface area contributed by atoms with Crippen LogP contribution in [0.5, 0.6) is 11.5 Å². The third-order valence-corrected chi connectivity index (χ3v) is 5.86. The van der Waals surface area contributed by atoms with Crippen molar-refractivity contribution >= 4 is 33.4 Å². The lowest BCUT2D eigenvalue weighted by Crippen LogP contribution is -2.12. The van der Waals surface area contributed by atoms with Gasteiger partial charge in [-0.25, -0.2) is 9.67 Å². The first kappa shape index (κ1) is 17.7. The lowest BCUT2D eigenvalue weighted by Gasteiger charge is -2.14. The zero-order chi connectivity index (χ0) is 20.9. The van der Waals surface area contributed by atoms with Crippen molar-refractivity contribution in [2.45, 2.75) is 12.5 Å². The third-order valence-electron chi connectivity index (χ3n) is 5.86. The Balaban J connectivity index is 1.40. The molecule has 0 unspecified atom stereocenters. The molecule has 0 saturated heterocycles. The minimum Gasteiger partial charge on any atom is -0.504 e. The minimum absolute atomic E-state index is 0.0513. The molecule has 2 heterocycles. The lowest BCUT2D eigenvalue weighted by atomic mass is 10.0. The quantitative estimate of drug-likeness (QED) is 0.452. The molecular formula is C24H19N5O2. The Morgan fingerprint density at radius 1 is 1.06 bits per heavy atom.